The van der Waals surface area contributed by atoms with Gasteiger partial charge in [-0.1, -0.05) is 15.9 Å². The van der Waals surface area contributed by atoms with Crippen LogP contribution in [0, 0.1) is 10.5 Å². The lowest BCUT2D eigenvalue weighted by Gasteiger charge is -2.12. The van der Waals surface area contributed by atoms with Crippen molar-refractivity contribution in [2.75, 3.05) is 12.4 Å². The fourth-order valence-corrected chi connectivity index (χ4v) is 2.65. The van der Waals surface area contributed by atoms with E-state index in [1.807, 2.05) is 13.0 Å². The molecule has 0 aliphatic rings. The molecule has 0 atom stereocenters. The standard InChI is InChI=1S/C15H13BrIN3O2S/c1-8-11(17)4-6-13(18-8)19-15(23)20-14(21)10-7-9(16)3-5-12(10)22-2/h3-7H,1-2H3,(H2,18,19,20,21,23). The van der Waals surface area contributed by atoms with Crippen LogP contribution in [0.2, 0.25) is 0 Å². The number of methoxy groups -OCH3 is 1. The van der Waals surface area contributed by atoms with E-state index in [-0.39, 0.29) is 11.0 Å². The zero-order valence-corrected chi connectivity index (χ0v) is 16.9. The van der Waals surface area contributed by atoms with Crippen LogP contribution in [-0.4, -0.2) is 23.1 Å². The fraction of sp³-hybridized carbons (Fsp3) is 0.133. The molecule has 0 saturated heterocycles. The van der Waals surface area contributed by atoms with E-state index < -0.39 is 0 Å². The van der Waals surface area contributed by atoms with Gasteiger partial charge in [0, 0.05) is 8.04 Å². The molecule has 0 aliphatic carbocycles. The van der Waals surface area contributed by atoms with Crippen LogP contribution in [0.1, 0.15) is 16.1 Å². The van der Waals surface area contributed by atoms with Crippen molar-refractivity contribution in [3.8, 4) is 5.75 Å². The minimum atomic E-state index is -0.358. The van der Waals surface area contributed by atoms with Gasteiger partial charge in [-0.05, 0) is 72.1 Å². The summed E-state index contributed by atoms with van der Waals surface area (Å²) in [5.74, 6) is 0.689. The van der Waals surface area contributed by atoms with Crippen molar-refractivity contribution in [3.05, 3.63) is 49.6 Å². The minimum absolute atomic E-state index is 0.171. The molecule has 8 heteroatoms. The zero-order chi connectivity index (χ0) is 17.0. The zero-order valence-electron chi connectivity index (χ0n) is 12.3. The summed E-state index contributed by atoms with van der Waals surface area (Å²) in [5.41, 5.74) is 1.27. The van der Waals surface area contributed by atoms with E-state index in [0.29, 0.717) is 17.1 Å². The fourth-order valence-electron chi connectivity index (χ4n) is 1.79. The van der Waals surface area contributed by atoms with Gasteiger partial charge in [0.05, 0.1) is 18.4 Å². The molecule has 23 heavy (non-hydrogen) atoms. The first kappa shape index (κ1) is 18.1. The van der Waals surface area contributed by atoms with Crippen molar-refractivity contribution >= 4 is 67.6 Å². The third-order valence-electron chi connectivity index (χ3n) is 2.90. The normalized spacial score (nSPS) is 10.1. The number of hydrogen-bond donors (Lipinski definition) is 2. The molecule has 2 N–H and O–H groups in total. The van der Waals surface area contributed by atoms with Crippen molar-refractivity contribution < 1.29 is 9.53 Å². The Balaban J connectivity index is 2.09. The van der Waals surface area contributed by atoms with Crippen LogP contribution < -0.4 is 15.4 Å². The molecule has 0 aliphatic heterocycles. The van der Waals surface area contributed by atoms with E-state index in [4.69, 9.17) is 17.0 Å². The van der Waals surface area contributed by atoms with E-state index in [0.717, 1.165) is 13.7 Å². The second kappa shape index (κ2) is 8.02. The summed E-state index contributed by atoms with van der Waals surface area (Å²) in [6.45, 7) is 1.90. The summed E-state index contributed by atoms with van der Waals surface area (Å²) in [7, 11) is 1.51. The Kier molecular flexibility index (Phi) is 6.31. The molecule has 1 heterocycles. The van der Waals surface area contributed by atoms with E-state index in [1.165, 1.54) is 7.11 Å². The molecule has 1 aromatic carbocycles. The van der Waals surface area contributed by atoms with Gasteiger partial charge in [-0.15, -0.1) is 0 Å². The lowest BCUT2D eigenvalue weighted by Crippen LogP contribution is -2.34. The smallest absolute Gasteiger partial charge is 0.261 e. The molecule has 0 fully saturated rings. The molecular formula is C15H13BrIN3O2S. The molecule has 0 unspecified atom stereocenters. The predicted molar refractivity (Wildman–Crippen MR) is 106 cm³/mol. The maximum atomic E-state index is 12.3. The molecule has 1 aromatic heterocycles. The highest BCUT2D eigenvalue weighted by molar-refractivity contribution is 14.1. The van der Waals surface area contributed by atoms with Crippen LogP contribution in [0.15, 0.2) is 34.8 Å². The Labute approximate surface area is 161 Å². The Morgan fingerprint density at radius 1 is 1.35 bits per heavy atom. The van der Waals surface area contributed by atoms with Gasteiger partial charge in [-0.3, -0.25) is 10.1 Å². The van der Waals surface area contributed by atoms with Crippen LogP contribution in [0.25, 0.3) is 0 Å². The number of nitrogens with zero attached hydrogens (tertiary/aromatic N) is 1. The van der Waals surface area contributed by atoms with Gasteiger partial charge in [0.1, 0.15) is 11.6 Å². The number of aryl methyl sites for hydroxylation is 1. The van der Waals surface area contributed by atoms with Crippen molar-refractivity contribution in [2.24, 2.45) is 0 Å². The highest BCUT2D eigenvalue weighted by Gasteiger charge is 2.14. The summed E-state index contributed by atoms with van der Waals surface area (Å²) in [6, 6.07) is 8.90. The summed E-state index contributed by atoms with van der Waals surface area (Å²) in [5, 5.41) is 5.69. The molecule has 0 spiro atoms. The number of carbonyl (C=O) groups is 1. The first-order valence-electron chi connectivity index (χ1n) is 6.49. The van der Waals surface area contributed by atoms with E-state index in [1.54, 1.807) is 24.3 Å². The van der Waals surface area contributed by atoms with Gasteiger partial charge in [0.2, 0.25) is 0 Å². The average Bonchev–Trinajstić information content (AvgIpc) is 2.50. The Morgan fingerprint density at radius 2 is 2.09 bits per heavy atom. The summed E-state index contributed by atoms with van der Waals surface area (Å²) < 4.78 is 7.02. The van der Waals surface area contributed by atoms with Crippen LogP contribution in [0.5, 0.6) is 5.75 Å². The predicted octanol–water partition coefficient (Wildman–Crippen LogP) is 3.89. The van der Waals surface area contributed by atoms with Crippen molar-refractivity contribution in [1.82, 2.24) is 10.3 Å². The molecule has 5 nitrogen and oxygen atoms in total. The van der Waals surface area contributed by atoms with Gasteiger partial charge in [0.25, 0.3) is 5.91 Å². The number of benzene rings is 1. The lowest BCUT2D eigenvalue weighted by molar-refractivity contribution is 0.0974. The quantitative estimate of drug-likeness (QED) is 0.489. The highest BCUT2D eigenvalue weighted by Crippen LogP contribution is 2.22. The second-order valence-corrected chi connectivity index (χ2v) is 7.00. The Bertz CT molecular complexity index is 770. The third kappa shape index (κ3) is 4.85. The number of amides is 1. The third-order valence-corrected chi connectivity index (χ3v) is 4.73. The first-order chi connectivity index (χ1) is 10.9. The van der Waals surface area contributed by atoms with Crippen molar-refractivity contribution in [1.29, 1.82) is 0 Å². The summed E-state index contributed by atoms with van der Waals surface area (Å²) in [4.78, 5) is 16.7. The average molecular weight is 506 g/mol. The van der Waals surface area contributed by atoms with Gasteiger partial charge in [-0.25, -0.2) is 4.98 Å². The van der Waals surface area contributed by atoms with E-state index >= 15 is 0 Å². The summed E-state index contributed by atoms with van der Waals surface area (Å²) >= 11 is 10.7. The number of thiocarbonyl (C=S) groups is 1. The number of rotatable bonds is 3. The van der Waals surface area contributed by atoms with Gasteiger partial charge < -0.3 is 10.1 Å². The largest absolute Gasteiger partial charge is 0.496 e. The Hall–Kier alpha value is -1.26. The van der Waals surface area contributed by atoms with E-state index in [9.17, 15) is 4.79 Å². The molecule has 2 aromatic rings. The minimum Gasteiger partial charge on any atom is -0.496 e. The van der Waals surface area contributed by atoms with Gasteiger partial charge >= 0.3 is 0 Å². The van der Waals surface area contributed by atoms with Crippen LogP contribution in [-0.2, 0) is 0 Å². The number of pyridine rings is 1. The maximum Gasteiger partial charge on any atom is 0.261 e. The number of ether oxygens (including phenoxy) is 1. The second-order valence-electron chi connectivity index (χ2n) is 4.52. The van der Waals surface area contributed by atoms with Gasteiger partial charge in [-0.2, -0.15) is 0 Å². The molecular weight excluding hydrogens is 493 g/mol. The van der Waals surface area contributed by atoms with Crippen LogP contribution in [0.3, 0.4) is 0 Å². The molecule has 0 bridgehead atoms. The van der Waals surface area contributed by atoms with E-state index in [2.05, 4.69) is 54.1 Å². The topological polar surface area (TPSA) is 63.2 Å². The maximum absolute atomic E-state index is 12.3. The molecule has 0 radical (unpaired) electrons. The number of nitrogens with one attached hydrogen (secondary N) is 2. The lowest BCUT2D eigenvalue weighted by atomic mass is 10.2. The molecule has 0 saturated carbocycles. The van der Waals surface area contributed by atoms with Gasteiger partial charge in [0.15, 0.2) is 5.11 Å². The summed E-state index contributed by atoms with van der Waals surface area (Å²) in [6.07, 6.45) is 0. The number of halogens is 2. The SMILES string of the molecule is COc1ccc(Br)cc1C(=O)NC(=S)Nc1ccc(I)c(C)n1. The number of hydrogen-bond acceptors (Lipinski definition) is 4. The van der Waals surface area contributed by atoms with Crippen molar-refractivity contribution in [3.63, 3.8) is 0 Å². The molecule has 2 rings (SSSR count). The van der Waals surface area contributed by atoms with Crippen LogP contribution in [0.4, 0.5) is 5.82 Å². The molecule has 1 amide bonds. The molecule has 120 valence electrons. The Morgan fingerprint density at radius 3 is 2.74 bits per heavy atom. The monoisotopic (exact) mass is 505 g/mol. The number of aromatic nitrogens is 1. The van der Waals surface area contributed by atoms with Crippen LogP contribution >= 0.6 is 50.7 Å². The first-order valence-corrected chi connectivity index (χ1v) is 8.77. The number of carbonyl (C=O) groups excluding carboxylic acids is 1. The highest BCUT2D eigenvalue weighted by atomic mass is 127. The van der Waals surface area contributed by atoms with Crippen molar-refractivity contribution in [2.45, 2.75) is 6.92 Å². The number of anilines is 1.